The number of hydrogen-bond acceptors (Lipinski definition) is 5. The number of fused-ring (bicyclic) bond motifs is 1. The van der Waals surface area contributed by atoms with Crippen LogP contribution in [0, 0.1) is 11.7 Å². The number of aliphatic carboxylic acids is 1. The third-order valence-corrected chi connectivity index (χ3v) is 5.78. The highest BCUT2D eigenvalue weighted by molar-refractivity contribution is 5.95. The molecule has 1 amide bonds. The number of H-pyrrole nitrogens is 1. The number of amides is 1. The predicted molar refractivity (Wildman–Crippen MR) is 117 cm³/mol. The van der Waals surface area contributed by atoms with Crippen LogP contribution in [0.25, 0.3) is 27.8 Å². The normalized spacial score (nSPS) is 15.8. The molecule has 9 nitrogen and oxygen atoms in total. The summed E-state index contributed by atoms with van der Waals surface area (Å²) in [6.45, 7) is 0.612. The van der Waals surface area contributed by atoms with Crippen molar-refractivity contribution in [3.63, 3.8) is 0 Å². The maximum absolute atomic E-state index is 13.6. The largest absolute Gasteiger partial charge is 0.481 e. The maximum atomic E-state index is 13.6. The number of nitrogens with zero attached hydrogens (tertiary/aromatic N) is 4. The first kappa shape index (κ1) is 20.6. The molecule has 1 fully saturated rings. The summed E-state index contributed by atoms with van der Waals surface area (Å²) >= 11 is 0. The summed E-state index contributed by atoms with van der Waals surface area (Å²) in [5.74, 6) is -2.06. The van der Waals surface area contributed by atoms with Crippen LogP contribution >= 0.6 is 0 Å². The summed E-state index contributed by atoms with van der Waals surface area (Å²) in [6, 6.07) is 12.3. The fraction of sp³-hybridized carbons (Fsp3) is 0.174. The Morgan fingerprint density at radius 3 is 2.64 bits per heavy atom. The highest BCUT2D eigenvalue weighted by Gasteiger charge is 2.31. The molecule has 2 aromatic carbocycles. The van der Waals surface area contributed by atoms with Gasteiger partial charge in [-0.05, 0) is 55.0 Å². The van der Waals surface area contributed by atoms with Gasteiger partial charge in [-0.2, -0.15) is 0 Å². The molecule has 0 unspecified atom stereocenters. The molecule has 0 spiro atoms. The summed E-state index contributed by atoms with van der Waals surface area (Å²) in [4.78, 5) is 40.5. The van der Waals surface area contributed by atoms with Crippen LogP contribution in [0.3, 0.4) is 0 Å². The Balaban J connectivity index is 1.38. The van der Waals surface area contributed by atoms with Gasteiger partial charge in [-0.1, -0.05) is 5.21 Å². The molecule has 1 atom stereocenters. The summed E-state index contributed by atoms with van der Waals surface area (Å²) in [6.07, 6.45) is 2.02. The summed E-state index contributed by atoms with van der Waals surface area (Å²) in [5, 5.41) is 17.8. The van der Waals surface area contributed by atoms with Gasteiger partial charge in [0.1, 0.15) is 11.5 Å². The highest BCUT2D eigenvalue weighted by Crippen LogP contribution is 2.21. The van der Waals surface area contributed by atoms with Crippen LogP contribution in [0.4, 0.5) is 4.39 Å². The zero-order valence-corrected chi connectivity index (χ0v) is 17.2. The Morgan fingerprint density at radius 1 is 1.12 bits per heavy atom. The topological polar surface area (TPSA) is 121 Å². The molecule has 2 N–H and O–H groups in total. The Kier molecular flexibility index (Phi) is 4.97. The van der Waals surface area contributed by atoms with Gasteiger partial charge in [0, 0.05) is 29.6 Å². The highest BCUT2D eigenvalue weighted by atomic mass is 19.1. The lowest BCUT2D eigenvalue weighted by atomic mass is 10.1. The van der Waals surface area contributed by atoms with E-state index in [0.717, 1.165) is 0 Å². The number of aromatic nitrogens is 4. The number of carbonyl (C=O) groups excluding carboxylic acids is 1. The van der Waals surface area contributed by atoms with Crippen molar-refractivity contribution in [1.82, 2.24) is 24.9 Å². The third kappa shape index (κ3) is 3.86. The van der Waals surface area contributed by atoms with E-state index in [1.54, 1.807) is 36.5 Å². The minimum atomic E-state index is -0.891. The number of likely N-dealkylation sites (tertiary alicyclic amines) is 1. The first-order valence-electron chi connectivity index (χ1n) is 10.3. The van der Waals surface area contributed by atoms with E-state index in [-0.39, 0.29) is 23.6 Å². The third-order valence-electron chi connectivity index (χ3n) is 5.78. The van der Waals surface area contributed by atoms with Gasteiger partial charge in [-0.3, -0.25) is 14.4 Å². The van der Waals surface area contributed by atoms with Crippen molar-refractivity contribution in [2.75, 3.05) is 13.1 Å². The average Bonchev–Trinajstić information content (AvgIpc) is 3.49. The molecule has 0 bridgehead atoms. The van der Waals surface area contributed by atoms with Gasteiger partial charge in [0.25, 0.3) is 11.5 Å². The molecular formula is C23H18FN5O4. The molecule has 0 radical (unpaired) electrons. The van der Waals surface area contributed by atoms with E-state index in [4.69, 9.17) is 5.11 Å². The van der Waals surface area contributed by atoms with Crippen LogP contribution in [0.2, 0.25) is 0 Å². The van der Waals surface area contributed by atoms with Gasteiger partial charge in [0.15, 0.2) is 0 Å². The maximum Gasteiger partial charge on any atom is 0.308 e. The van der Waals surface area contributed by atoms with Gasteiger partial charge < -0.3 is 15.0 Å². The number of carboxylic acid groups (broad SMARTS) is 1. The van der Waals surface area contributed by atoms with Crippen molar-refractivity contribution in [2.24, 2.45) is 5.92 Å². The molecule has 0 saturated carbocycles. The molecular weight excluding hydrogens is 429 g/mol. The van der Waals surface area contributed by atoms with E-state index in [1.165, 1.54) is 27.8 Å². The van der Waals surface area contributed by atoms with Gasteiger partial charge in [-0.25, -0.2) is 9.07 Å². The lowest BCUT2D eigenvalue weighted by Crippen LogP contribution is -2.29. The second-order valence-corrected chi connectivity index (χ2v) is 7.91. The van der Waals surface area contributed by atoms with Gasteiger partial charge in [-0.15, -0.1) is 5.10 Å². The quantitative estimate of drug-likeness (QED) is 0.496. The van der Waals surface area contributed by atoms with Crippen LogP contribution in [0.5, 0.6) is 0 Å². The number of benzene rings is 2. The zero-order valence-electron chi connectivity index (χ0n) is 17.2. The van der Waals surface area contributed by atoms with E-state index in [9.17, 15) is 18.8 Å². The lowest BCUT2D eigenvalue weighted by Gasteiger charge is -2.16. The minimum Gasteiger partial charge on any atom is -0.481 e. The molecule has 1 aliphatic heterocycles. The lowest BCUT2D eigenvalue weighted by molar-refractivity contribution is -0.141. The van der Waals surface area contributed by atoms with E-state index in [0.29, 0.717) is 40.8 Å². The molecule has 0 aliphatic carbocycles. The Hall–Kier alpha value is -4.34. The van der Waals surface area contributed by atoms with Crippen LogP contribution in [0.15, 0.2) is 59.5 Å². The van der Waals surface area contributed by atoms with Gasteiger partial charge >= 0.3 is 5.97 Å². The monoisotopic (exact) mass is 447 g/mol. The zero-order chi connectivity index (χ0) is 23.1. The molecule has 5 rings (SSSR count). The van der Waals surface area contributed by atoms with Crippen molar-refractivity contribution in [3.8, 4) is 16.9 Å². The van der Waals surface area contributed by atoms with Gasteiger partial charge in [0.05, 0.1) is 23.4 Å². The molecule has 4 aromatic rings. The van der Waals surface area contributed by atoms with Crippen LogP contribution in [-0.4, -0.2) is 55.0 Å². The van der Waals surface area contributed by atoms with E-state index in [2.05, 4.69) is 15.3 Å². The van der Waals surface area contributed by atoms with Crippen molar-refractivity contribution in [3.05, 3.63) is 76.5 Å². The molecule has 1 saturated heterocycles. The fourth-order valence-electron chi connectivity index (χ4n) is 3.97. The summed E-state index contributed by atoms with van der Waals surface area (Å²) in [5.41, 5.74) is 1.79. The summed E-state index contributed by atoms with van der Waals surface area (Å²) in [7, 11) is 0. The molecule has 2 aromatic heterocycles. The Labute approximate surface area is 186 Å². The molecule has 10 heteroatoms. The van der Waals surface area contributed by atoms with Crippen LogP contribution < -0.4 is 5.56 Å². The van der Waals surface area contributed by atoms with Crippen molar-refractivity contribution >= 4 is 22.8 Å². The summed E-state index contributed by atoms with van der Waals surface area (Å²) < 4.78 is 15.0. The number of pyridine rings is 1. The van der Waals surface area contributed by atoms with Crippen LogP contribution in [0.1, 0.15) is 16.8 Å². The second-order valence-electron chi connectivity index (χ2n) is 7.91. The SMILES string of the molecule is O=C(O)[C@@H]1CCN(C(=O)c2ccc(-n3cc(-c4cc5cc(F)ccc5[nH]c4=O)nn3)cc2)C1. The standard InChI is InChI=1S/C23H18FN5O4/c24-16-3-6-19-15(9-16)10-18(21(30)25-19)20-12-29(27-26-20)17-4-1-13(2-5-17)22(31)28-8-7-14(11-28)23(32)33/h1-6,9-10,12,14H,7-8,11H2,(H,25,30)(H,32,33)/t14-/m1/s1. The van der Waals surface area contributed by atoms with E-state index >= 15 is 0 Å². The van der Waals surface area contributed by atoms with Crippen LogP contribution in [-0.2, 0) is 4.79 Å². The smallest absolute Gasteiger partial charge is 0.308 e. The fourth-order valence-corrected chi connectivity index (χ4v) is 3.97. The van der Waals surface area contributed by atoms with Crippen molar-refractivity contribution < 1.29 is 19.1 Å². The molecule has 3 heterocycles. The van der Waals surface area contributed by atoms with E-state index in [1.807, 2.05) is 0 Å². The molecule has 33 heavy (non-hydrogen) atoms. The number of halogens is 1. The minimum absolute atomic E-state index is 0.201. The number of nitrogens with one attached hydrogen (secondary N) is 1. The average molecular weight is 447 g/mol. The van der Waals surface area contributed by atoms with Gasteiger partial charge in [0.2, 0.25) is 0 Å². The first-order chi connectivity index (χ1) is 15.9. The molecule has 166 valence electrons. The predicted octanol–water partition coefficient (Wildman–Crippen LogP) is 2.46. The number of carbonyl (C=O) groups is 2. The second kappa shape index (κ2) is 7.97. The van der Waals surface area contributed by atoms with Crippen molar-refractivity contribution in [1.29, 1.82) is 0 Å². The van der Waals surface area contributed by atoms with E-state index < -0.39 is 17.7 Å². The first-order valence-corrected chi connectivity index (χ1v) is 10.3. The van der Waals surface area contributed by atoms with Crippen molar-refractivity contribution in [2.45, 2.75) is 6.42 Å². The number of rotatable bonds is 4. The molecule has 1 aliphatic rings. The Morgan fingerprint density at radius 2 is 1.91 bits per heavy atom. The number of aromatic amines is 1. The Bertz CT molecular complexity index is 1440. The number of hydrogen-bond donors (Lipinski definition) is 2. The number of carboxylic acids is 1.